The molecule has 0 radical (unpaired) electrons. The molecule has 220 valence electrons. The molecule has 1 aromatic heterocycles. The highest BCUT2D eigenvalue weighted by atomic mass is 19.4. The van der Waals surface area contributed by atoms with Crippen LogP contribution in [0, 0.1) is 6.92 Å². The van der Waals surface area contributed by atoms with Crippen molar-refractivity contribution in [3.63, 3.8) is 0 Å². The third kappa shape index (κ3) is 7.09. The summed E-state index contributed by atoms with van der Waals surface area (Å²) < 4.78 is 53.5. The van der Waals surface area contributed by atoms with Crippen LogP contribution in [0.4, 0.5) is 18.9 Å². The van der Waals surface area contributed by atoms with Crippen molar-refractivity contribution in [2.45, 2.75) is 19.5 Å². The van der Waals surface area contributed by atoms with E-state index in [1.54, 1.807) is 18.2 Å². The second-order valence-corrected chi connectivity index (χ2v) is 9.61. The van der Waals surface area contributed by atoms with Crippen LogP contribution in [0.1, 0.15) is 32.9 Å². The van der Waals surface area contributed by atoms with Gasteiger partial charge in [0.15, 0.2) is 23.4 Å². The molecular formula is C28H31F3N4O6. The average Bonchev–Trinajstić information content (AvgIpc) is 2.95. The number of nitrogens with one attached hydrogen (secondary N) is 1. The Morgan fingerprint density at radius 2 is 1.85 bits per heavy atom. The zero-order valence-corrected chi connectivity index (χ0v) is 22.7. The van der Waals surface area contributed by atoms with Gasteiger partial charge in [0.25, 0.3) is 11.8 Å². The lowest BCUT2D eigenvalue weighted by Gasteiger charge is -2.36. The van der Waals surface area contributed by atoms with Gasteiger partial charge >= 0.3 is 6.18 Å². The third-order valence-electron chi connectivity index (χ3n) is 6.82. The number of fused-ring (bicyclic) bond motifs is 1. The lowest BCUT2D eigenvalue weighted by Crippen LogP contribution is -2.47. The zero-order chi connectivity index (χ0) is 29.7. The molecule has 4 rings (SSSR count). The van der Waals surface area contributed by atoms with Crippen LogP contribution in [0.25, 0.3) is 11.0 Å². The Balaban J connectivity index is 1.30. The molecule has 41 heavy (non-hydrogen) atoms. The van der Waals surface area contributed by atoms with Crippen LogP contribution < -0.4 is 30.9 Å². The molecule has 0 spiro atoms. The van der Waals surface area contributed by atoms with Gasteiger partial charge in [-0.05, 0) is 44.2 Å². The van der Waals surface area contributed by atoms with E-state index in [1.807, 2.05) is 4.90 Å². The summed E-state index contributed by atoms with van der Waals surface area (Å²) in [5.74, 6) is -0.953. The Kier molecular flexibility index (Phi) is 9.06. The summed E-state index contributed by atoms with van der Waals surface area (Å²) in [4.78, 5) is 41.5. The van der Waals surface area contributed by atoms with Crippen LogP contribution in [-0.2, 0) is 0 Å². The number of rotatable bonds is 10. The van der Waals surface area contributed by atoms with E-state index in [-0.39, 0.29) is 33.6 Å². The van der Waals surface area contributed by atoms with Gasteiger partial charge in [-0.15, -0.1) is 0 Å². The lowest BCUT2D eigenvalue weighted by molar-refractivity contribution is -0.153. The van der Waals surface area contributed by atoms with Crippen molar-refractivity contribution in [2.24, 2.45) is 5.73 Å². The highest BCUT2D eigenvalue weighted by Crippen LogP contribution is 2.33. The molecule has 3 aromatic rings. The van der Waals surface area contributed by atoms with Crippen molar-refractivity contribution in [1.29, 1.82) is 0 Å². The number of halogens is 3. The summed E-state index contributed by atoms with van der Waals surface area (Å²) in [5.41, 5.74) is 5.79. The molecule has 2 aromatic carbocycles. The van der Waals surface area contributed by atoms with Gasteiger partial charge in [0.2, 0.25) is 0 Å². The molecule has 10 nitrogen and oxygen atoms in total. The van der Waals surface area contributed by atoms with Crippen molar-refractivity contribution in [2.75, 3.05) is 57.9 Å². The molecule has 0 aliphatic carbocycles. The van der Waals surface area contributed by atoms with E-state index in [9.17, 15) is 27.6 Å². The maximum absolute atomic E-state index is 12.9. The van der Waals surface area contributed by atoms with Crippen LogP contribution in [0.3, 0.4) is 0 Å². The smallest absolute Gasteiger partial charge is 0.422 e. The number of carbonyl (C=O) groups is 2. The number of amides is 2. The summed E-state index contributed by atoms with van der Waals surface area (Å²) in [6.45, 7) is 3.80. The van der Waals surface area contributed by atoms with Crippen molar-refractivity contribution >= 4 is 28.5 Å². The van der Waals surface area contributed by atoms with Crippen LogP contribution in [0.5, 0.6) is 11.5 Å². The van der Waals surface area contributed by atoms with Crippen LogP contribution >= 0.6 is 0 Å². The highest BCUT2D eigenvalue weighted by molar-refractivity contribution is 6.05. The number of carbonyl (C=O) groups excluding carboxylic acids is 2. The molecule has 2 amide bonds. The second-order valence-electron chi connectivity index (χ2n) is 9.61. The van der Waals surface area contributed by atoms with E-state index in [0.29, 0.717) is 57.1 Å². The Hall–Kier alpha value is -4.26. The van der Waals surface area contributed by atoms with E-state index in [2.05, 4.69) is 10.2 Å². The molecule has 13 heteroatoms. The highest BCUT2D eigenvalue weighted by Gasteiger charge is 2.29. The maximum Gasteiger partial charge on any atom is 0.422 e. The molecule has 2 heterocycles. The number of alkyl halides is 3. The first-order valence-corrected chi connectivity index (χ1v) is 13.0. The van der Waals surface area contributed by atoms with Gasteiger partial charge in [-0.25, -0.2) is 0 Å². The van der Waals surface area contributed by atoms with Crippen molar-refractivity contribution in [3.8, 4) is 11.5 Å². The molecule has 0 unspecified atom stereocenters. The van der Waals surface area contributed by atoms with Crippen LogP contribution in [0.2, 0.25) is 0 Å². The Morgan fingerprint density at radius 3 is 2.51 bits per heavy atom. The molecule has 0 bridgehead atoms. The number of para-hydroxylation sites is 1. The van der Waals surface area contributed by atoms with E-state index in [4.69, 9.17) is 19.6 Å². The molecule has 1 aliphatic heterocycles. The van der Waals surface area contributed by atoms with Gasteiger partial charge in [-0.2, -0.15) is 13.2 Å². The van der Waals surface area contributed by atoms with E-state index < -0.39 is 30.0 Å². The number of hydrogen-bond donors (Lipinski definition) is 2. The fourth-order valence-electron chi connectivity index (χ4n) is 4.71. The number of benzene rings is 2. The summed E-state index contributed by atoms with van der Waals surface area (Å²) in [7, 11) is 1.50. The topological polar surface area (TPSA) is 127 Å². The lowest BCUT2D eigenvalue weighted by atomic mass is 10.1. The minimum Gasteiger partial charge on any atom is -0.495 e. The largest absolute Gasteiger partial charge is 0.495 e. The fourth-order valence-corrected chi connectivity index (χ4v) is 4.71. The molecule has 0 saturated carbocycles. The molecule has 1 aliphatic rings. The standard InChI is InChI=1S/C28H31F3N4O6/c1-17-23(36)19-5-3-6-20(25(19)41-24(17)26(32)37)27(38)33-9-4-10-34-11-13-35(14-12-34)21-15-18(7-8-22(21)39-2)40-16-28(29,30)31/h3,5-8,15H,4,9-14,16H2,1-2H3,(H2,32,37)(H,33,38). The number of primary amides is 1. The number of anilines is 1. The first kappa shape index (κ1) is 29.7. The summed E-state index contributed by atoms with van der Waals surface area (Å²) >= 11 is 0. The average molecular weight is 577 g/mol. The summed E-state index contributed by atoms with van der Waals surface area (Å²) in [5, 5.41) is 3.01. The normalized spacial score (nSPS) is 14.2. The van der Waals surface area contributed by atoms with Gasteiger partial charge in [0, 0.05) is 44.4 Å². The maximum atomic E-state index is 12.9. The van der Waals surface area contributed by atoms with Gasteiger partial charge in [-0.3, -0.25) is 19.3 Å². The first-order valence-electron chi connectivity index (χ1n) is 13.0. The number of hydrogen-bond acceptors (Lipinski definition) is 8. The number of nitrogens with zero attached hydrogens (tertiary/aromatic N) is 2. The summed E-state index contributed by atoms with van der Waals surface area (Å²) in [6, 6.07) is 9.20. The fraction of sp³-hybridized carbons (Fsp3) is 0.393. The number of methoxy groups -OCH3 is 1. The zero-order valence-electron chi connectivity index (χ0n) is 22.7. The molecule has 3 N–H and O–H groups in total. The van der Waals surface area contributed by atoms with Crippen molar-refractivity contribution in [1.82, 2.24) is 10.2 Å². The van der Waals surface area contributed by atoms with Crippen LogP contribution in [0.15, 0.2) is 45.6 Å². The van der Waals surface area contributed by atoms with Gasteiger partial charge in [0.1, 0.15) is 11.5 Å². The van der Waals surface area contributed by atoms with Gasteiger partial charge < -0.3 is 29.8 Å². The summed E-state index contributed by atoms with van der Waals surface area (Å²) in [6.07, 6.45) is -3.78. The molecular weight excluding hydrogens is 545 g/mol. The predicted molar refractivity (Wildman–Crippen MR) is 146 cm³/mol. The Labute approximate surface area is 233 Å². The van der Waals surface area contributed by atoms with Crippen LogP contribution in [-0.4, -0.2) is 75.9 Å². The van der Waals surface area contributed by atoms with E-state index >= 15 is 0 Å². The number of piperazine rings is 1. The third-order valence-corrected chi connectivity index (χ3v) is 6.82. The Morgan fingerprint density at radius 1 is 1.12 bits per heavy atom. The van der Waals surface area contributed by atoms with Crippen molar-refractivity contribution in [3.05, 3.63) is 63.5 Å². The van der Waals surface area contributed by atoms with E-state index in [1.165, 1.54) is 32.2 Å². The number of ether oxygens (including phenoxy) is 2. The monoisotopic (exact) mass is 576 g/mol. The minimum absolute atomic E-state index is 0.00817. The van der Waals surface area contributed by atoms with Gasteiger partial charge in [-0.1, -0.05) is 6.07 Å². The van der Waals surface area contributed by atoms with E-state index in [0.717, 1.165) is 0 Å². The minimum atomic E-state index is -4.43. The second kappa shape index (κ2) is 12.5. The predicted octanol–water partition coefficient (Wildman–Crippen LogP) is 3.09. The molecule has 1 fully saturated rings. The molecule has 0 atom stereocenters. The Bertz CT molecular complexity index is 1480. The number of nitrogens with two attached hydrogens (primary N) is 1. The SMILES string of the molecule is COc1ccc(OCC(F)(F)F)cc1N1CCN(CCCNC(=O)c2cccc3c(=O)c(C)c(C(N)=O)oc23)CC1. The quantitative estimate of drug-likeness (QED) is 0.353. The first-order chi connectivity index (χ1) is 19.5. The van der Waals surface area contributed by atoms with Gasteiger partial charge in [0.05, 0.1) is 23.7 Å². The molecule has 1 saturated heterocycles. The van der Waals surface area contributed by atoms with Crippen molar-refractivity contribution < 1.29 is 36.7 Å².